The van der Waals surface area contributed by atoms with E-state index in [4.69, 9.17) is 0 Å². The Labute approximate surface area is 72.4 Å². The van der Waals surface area contributed by atoms with Gasteiger partial charge >= 0.3 is 0 Å². The average molecular weight is 173 g/mol. The third-order valence-electron chi connectivity index (χ3n) is 2.82. The summed E-state index contributed by atoms with van der Waals surface area (Å²) < 4.78 is 0. The maximum atomic E-state index is 3.78. The molecule has 0 nitrogen and oxygen atoms in total. The summed E-state index contributed by atoms with van der Waals surface area (Å²) in [5.74, 6) is 0. The largest absolute Gasteiger partial charge is 0.103 e. The lowest BCUT2D eigenvalue weighted by Gasteiger charge is -2.22. The van der Waals surface area contributed by atoms with E-state index in [1.807, 2.05) is 0 Å². The van der Waals surface area contributed by atoms with Gasteiger partial charge in [0.25, 0.3) is 0 Å². The Morgan fingerprint density at radius 2 is 1.55 bits per heavy atom. The number of hydrogen-bond donors (Lipinski definition) is 0. The van der Waals surface area contributed by atoms with Crippen LogP contribution < -0.4 is 0 Å². The van der Waals surface area contributed by atoms with Gasteiger partial charge in [-0.15, -0.1) is 6.58 Å². The number of hydrogen-bond acceptors (Lipinski definition) is 0. The topological polar surface area (TPSA) is 0 Å². The third kappa shape index (κ3) is 3.38. The highest BCUT2D eigenvalue weighted by Crippen LogP contribution is 2.58. The average Bonchev–Trinajstić information content (AvgIpc) is 2.08. The van der Waals surface area contributed by atoms with Gasteiger partial charge in [-0.3, -0.25) is 0 Å². The van der Waals surface area contributed by atoms with Gasteiger partial charge in [-0.25, -0.2) is 0 Å². The van der Waals surface area contributed by atoms with Crippen LogP contribution >= 0.6 is 7.26 Å². The van der Waals surface area contributed by atoms with Crippen molar-refractivity contribution in [2.24, 2.45) is 0 Å². The van der Waals surface area contributed by atoms with E-state index in [-0.39, 0.29) is 0 Å². The summed E-state index contributed by atoms with van der Waals surface area (Å²) in [6.07, 6.45) is 8.99. The van der Waals surface area contributed by atoms with Crippen molar-refractivity contribution in [3.63, 3.8) is 0 Å². The third-order valence-corrected chi connectivity index (χ3v) is 8.05. The minimum absolute atomic E-state index is 0.527. The van der Waals surface area contributed by atoms with E-state index >= 15 is 0 Å². The Morgan fingerprint density at radius 3 is 1.82 bits per heavy atom. The van der Waals surface area contributed by atoms with Gasteiger partial charge in [-0.2, -0.15) is 0 Å². The molecular weight excluding hydrogens is 151 g/mol. The summed E-state index contributed by atoms with van der Waals surface area (Å²) in [6.45, 7) is 10.8. The van der Waals surface area contributed by atoms with Gasteiger partial charge in [-0.1, -0.05) is 6.08 Å². The first-order valence-corrected chi connectivity index (χ1v) is 7.23. The lowest BCUT2D eigenvalue weighted by molar-refractivity contribution is 1.16. The van der Waals surface area contributed by atoms with Crippen LogP contribution in [0.4, 0.5) is 0 Å². The van der Waals surface area contributed by atoms with Crippen molar-refractivity contribution in [1.82, 2.24) is 0 Å². The van der Waals surface area contributed by atoms with Crippen LogP contribution in [-0.4, -0.2) is 24.6 Å². The van der Waals surface area contributed by atoms with Crippen molar-refractivity contribution in [2.45, 2.75) is 27.2 Å². The van der Waals surface area contributed by atoms with Gasteiger partial charge < -0.3 is 0 Å². The molecule has 0 saturated heterocycles. The molecule has 1 heteroatoms. The Balaban J connectivity index is 3.93. The zero-order chi connectivity index (χ0) is 8.74. The molecule has 0 radical (unpaired) electrons. The zero-order valence-electron chi connectivity index (χ0n) is 8.27. The van der Waals surface area contributed by atoms with Gasteiger partial charge in [-0.05, 0) is 27.2 Å². The van der Waals surface area contributed by atoms with E-state index in [1.165, 1.54) is 31.1 Å². The molecule has 0 amide bonds. The second kappa shape index (κ2) is 5.77. The SMILES string of the molecule is C=CCC[P+](CC)(CC)CC. The molecule has 0 aliphatic heterocycles. The maximum absolute atomic E-state index is 3.78. The molecule has 0 atom stereocenters. The minimum atomic E-state index is -0.527. The van der Waals surface area contributed by atoms with Crippen LogP contribution in [0.1, 0.15) is 27.2 Å². The van der Waals surface area contributed by atoms with Gasteiger partial charge in [0.05, 0.1) is 24.6 Å². The molecule has 0 N–H and O–H groups in total. The smallest absolute Gasteiger partial charge is 0.0628 e. The van der Waals surface area contributed by atoms with Gasteiger partial charge in [0.1, 0.15) is 0 Å². The highest BCUT2D eigenvalue weighted by molar-refractivity contribution is 7.75. The molecule has 0 aliphatic carbocycles. The molecule has 0 heterocycles. The quantitative estimate of drug-likeness (QED) is 0.425. The van der Waals surface area contributed by atoms with Crippen LogP contribution in [0.25, 0.3) is 0 Å². The second-order valence-corrected chi connectivity index (χ2v) is 8.12. The molecule has 0 aromatic heterocycles. The van der Waals surface area contributed by atoms with Crippen LogP contribution in [0.3, 0.4) is 0 Å². The second-order valence-electron chi connectivity index (χ2n) is 3.09. The number of allylic oxidation sites excluding steroid dienone is 1. The highest BCUT2D eigenvalue weighted by atomic mass is 31.2. The van der Waals surface area contributed by atoms with Crippen molar-refractivity contribution in [1.29, 1.82) is 0 Å². The van der Waals surface area contributed by atoms with E-state index in [2.05, 4.69) is 33.4 Å². The summed E-state index contributed by atoms with van der Waals surface area (Å²) in [7, 11) is -0.527. The first kappa shape index (κ1) is 11.2. The van der Waals surface area contributed by atoms with Crippen LogP contribution in [-0.2, 0) is 0 Å². The summed E-state index contributed by atoms with van der Waals surface area (Å²) >= 11 is 0. The molecule has 0 spiro atoms. The first-order valence-electron chi connectivity index (χ1n) is 4.70. The molecule has 0 fully saturated rings. The maximum Gasteiger partial charge on any atom is 0.0628 e. The summed E-state index contributed by atoms with van der Waals surface area (Å²) in [5, 5.41) is 0. The minimum Gasteiger partial charge on any atom is -0.103 e. The Bertz CT molecular complexity index is 95.2. The molecule has 0 bridgehead atoms. The number of rotatable bonds is 6. The normalized spacial score (nSPS) is 11.5. The van der Waals surface area contributed by atoms with E-state index in [0.29, 0.717) is 0 Å². The van der Waals surface area contributed by atoms with E-state index < -0.39 is 7.26 Å². The van der Waals surface area contributed by atoms with Crippen LogP contribution in [0.15, 0.2) is 12.7 Å². The molecule has 11 heavy (non-hydrogen) atoms. The molecule has 0 saturated carbocycles. The lowest BCUT2D eigenvalue weighted by Crippen LogP contribution is -2.06. The predicted molar refractivity (Wildman–Crippen MR) is 58.2 cm³/mol. The fourth-order valence-corrected chi connectivity index (χ4v) is 4.53. The summed E-state index contributed by atoms with van der Waals surface area (Å²) in [4.78, 5) is 0. The molecule has 0 rings (SSSR count). The van der Waals surface area contributed by atoms with Crippen molar-refractivity contribution in [3.8, 4) is 0 Å². The molecule has 0 aliphatic rings. The highest BCUT2D eigenvalue weighted by Gasteiger charge is 2.29. The Kier molecular flexibility index (Phi) is 5.86. The molecule has 0 aromatic rings. The van der Waals surface area contributed by atoms with Crippen molar-refractivity contribution in [3.05, 3.63) is 12.7 Å². The van der Waals surface area contributed by atoms with E-state index in [9.17, 15) is 0 Å². The van der Waals surface area contributed by atoms with E-state index in [0.717, 1.165) is 0 Å². The van der Waals surface area contributed by atoms with Crippen LogP contribution in [0, 0.1) is 0 Å². The molecular formula is C10H22P+. The fraction of sp³-hybridized carbons (Fsp3) is 0.800. The summed E-state index contributed by atoms with van der Waals surface area (Å²) in [5.41, 5.74) is 0. The van der Waals surface area contributed by atoms with E-state index in [1.54, 1.807) is 0 Å². The summed E-state index contributed by atoms with van der Waals surface area (Å²) in [6, 6.07) is 0. The first-order chi connectivity index (χ1) is 5.24. The van der Waals surface area contributed by atoms with Crippen LogP contribution in [0.5, 0.6) is 0 Å². The van der Waals surface area contributed by atoms with Gasteiger partial charge in [0, 0.05) is 7.26 Å². The molecule has 0 aromatic carbocycles. The predicted octanol–water partition coefficient (Wildman–Crippen LogP) is 3.64. The Hall–Kier alpha value is 0.170. The van der Waals surface area contributed by atoms with Gasteiger partial charge in [0.2, 0.25) is 0 Å². The van der Waals surface area contributed by atoms with Crippen molar-refractivity contribution >= 4 is 7.26 Å². The Morgan fingerprint density at radius 1 is 1.09 bits per heavy atom. The van der Waals surface area contributed by atoms with Gasteiger partial charge in [0.15, 0.2) is 0 Å². The monoisotopic (exact) mass is 173 g/mol. The lowest BCUT2D eigenvalue weighted by atomic mass is 10.5. The van der Waals surface area contributed by atoms with Crippen molar-refractivity contribution in [2.75, 3.05) is 24.6 Å². The van der Waals surface area contributed by atoms with Crippen LogP contribution in [0.2, 0.25) is 0 Å². The standard InChI is InChI=1S/C10H22P/c1-5-9-10-11(6-2,7-3)8-4/h5H,1,6-10H2,2-4H3/q+1. The molecule has 0 unspecified atom stereocenters. The van der Waals surface area contributed by atoms with Crippen molar-refractivity contribution < 1.29 is 0 Å². The zero-order valence-corrected chi connectivity index (χ0v) is 9.16. The fourth-order valence-electron chi connectivity index (χ4n) is 1.51. The molecule has 66 valence electrons.